The largest absolute Gasteiger partial charge is 0.378 e. The predicted molar refractivity (Wildman–Crippen MR) is 97.9 cm³/mol. The van der Waals surface area contributed by atoms with Gasteiger partial charge in [0.05, 0.1) is 4.90 Å². The van der Waals surface area contributed by atoms with Gasteiger partial charge < -0.3 is 10.2 Å². The maximum atomic E-state index is 12.1. The first-order valence-electron chi connectivity index (χ1n) is 7.64. The smallest absolute Gasteiger partial charge is 0.242 e. The van der Waals surface area contributed by atoms with E-state index < -0.39 is 10.0 Å². The molecule has 1 aromatic heterocycles. The molecule has 2 rings (SSSR count). The highest BCUT2D eigenvalue weighted by atomic mass is 32.2. The van der Waals surface area contributed by atoms with Crippen molar-refractivity contribution in [2.75, 3.05) is 38.4 Å². The molecule has 0 bridgehead atoms. The second kappa shape index (κ2) is 7.19. The number of benzene rings is 1. The lowest BCUT2D eigenvalue weighted by Crippen LogP contribution is -2.22. The van der Waals surface area contributed by atoms with E-state index in [1.54, 1.807) is 18.3 Å². The van der Waals surface area contributed by atoms with Crippen LogP contribution in [0.4, 0.5) is 11.5 Å². The quantitative estimate of drug-likeness (QED) is 0.869. The molecular weight excluding hydrogens is 324 g/mol. The molecule has 0 spiro atoms. The molecule has 0 amide bonds. The van der Waals surface area contributed by atoms with Crippen molar-refractivity contribution < 1.29 is 8.42 Å². The van der Waals surface area contributed by atoms with E-state index in [0.29, 0.717) is 0 Å². The predicted octanol–water partition coefficient (Wildman–Crippen LogP) is 2.57. The Hall–Kier alpha value is -2.12. The Morgan fingerprint density at radius 2 is 1.67 bits per heavy atom. The Morgan fingerprint density at radius 1 is 1.04 bits per heavy atom. The molecule has 0 aliphatic rings. The molecule has 0 aliphatic carbocycles. The van der Waals surface area contributed by atoms with E-state index in [1.807, 2.05) is 50.2 Å². The van der Waals surface area contributed by atoms with E-state index >= 15 is 0 Å². The standard InChI is InChI=1S/C17H24N4O2S/c1-13(19-17-12-15(20(2)3)10-11-18-17)14-6-8-16(9-7-14)24(22,23)21(4)5/h6-13H,1-5H3,(H,18,19). The minimum absolute atomic E-state index is 0.00558. The second-order valence-electron chi connectivity index (χ2n) is 6.02. The van der Waals surface area contributed by atoms with Crippen LogP contribution in [0.2, 0.25) is 0 Å². The number of anilines is 2. The summed E-state index contributed by atoms with van der Waals surface area (Å²) in [5.74, 6) is 0.777. The first-order valence-corrected chi connectivity index (χ1v) is 9.08. The van der Waals surface area contributed by atoms with Crippen LogP contribution in [0.1, 0.15) is 18.5 Å². The van der Waals surface area contributed by atoms with Gasteiger partial charge >= 0.3 is 0 Å². The summed E-state index contributed by atoms with van der Waals surface area (Å²) in [4.78, 5) is 6.63. The third kappa shape index (κ3) is 4.04. The minimum atomic E-state index is -3.40. The first kappa shape index (κ1) is 18.2. The van der Waals surface area contributed by atoms with Crippen LogP contribution in [0, 0.1) is 0 Å². The van der Waals surface area contributed by atoms with Crippen LogP contribution in [0.3, 0.4) is 0 Å². The van der Waals surface area contributed by atoms with Crippen LogP contribution in [-0.4, -0.2) is 45.9 Å². The first-order chi connectivity index (χ1) is 11.2. The Balaban J connectivity index is 2.16. The van der Waals surface area contributed by atoms with E-state index in [0.717, 1.165) is 17.1 Å². The van der Waals surface area contributed by atoms with Crippen LogP contribution in [0.15, 0.2) is 47.5 Å². The molecule has 0 aliphatic heterocycles. The highest BCUT2D eigenvalue weighted by molar-refractivity contribution is 7.89. The van der Waals surface area contributed by atoms with Gasteiger partial charge in [0.15, 0.2) is 0 Å². The summed E-state index contributed by atoms with van der Waals surface area (Å²) >= 11 is 0. The minimum Gasteiger partial charge on any atom is -0.378 e. The topological polar surface area (TPSA) is 65.5 Å². The zero-order valence-corrected chi connectivity index (χ0v) is 15.5. The molecule has 130 valence electrons. The lowest BCUT2D eigenvalue weighted by Gasteiger charge is -2.18. The number of rotatable bonds is 6. The molecule has 1 atom stereocenters. The van der Waals surface area contributed by atoms with E-state index in [2.05, 4.69) is 10.3 Å². The van der Waals surface area contributed by atoms with Gasteiger partial charge in [-0.25, -0.2) is 17.7 Å². The monoisotopic (exact) mass is 348 g/mol. The Bertz CT molecular complexity index is 786. The summed E-state index contributed by atoms with van der Waals surface area (Å²) in [7, 11) is 3.61. The van der Waals surface area contributed by atoms with Crippen molar-refractivity contribution in [1.82, 2.24) is 9.29 Å². The van der Waals surface area contributed by atoms with Crippen LogP contribution in [-0.2, 0) is 10.0 Å². The molecule has 7 heteroatoms. The number of hydrogen-bond acceptors (Lipinski definition) is 5. The van der Waals surface area contributed by atoms with Gasteiger partial charge in [-0.05, 0) is 30.7 Å². The average molecular weight is 348 g/mol. The van der Waals surface area contributed by atoms with Gasteiger partial charge in [0.25, 0.3) is 0 Å². The van der Waals surface area contributed by atoms with Crippen LogP contribution >= 0.6 is 0 Å². The Morgan fingerprint density at radius 3 is 2.21 bits per heavy atom. The van der Waals surface area contributed by atoms with Crippen molar-refractivity contribution in [1.29, 1.82) is 0 Å². The number of sulfonamides is 1. The third-order valence-electron chi connectivity index (χ3n) is 3.78. The molecule has 1 N–H and O–H groups in total. The van der Waals surface area contributed by atoms with Crippen molar-refractivity contribution in [2.24, 2.45) is 0 Å². The van der Waals surface area contributed by atoms with Crippen molar-refractivity contribution in [3.8, 4) is 0 Å². The Kier molecular flexibility index (Phi) is 5.46. The normalized spacial score (nSPS) is 12.9. The van der Waals surface area contributed by atoms with Crippen molar-refractivity contribution >= 4 is 21.5 Å². The molecule has 0 radical (unpaired) electrons. The molecule has 1 aromatic carbocycles. The number of pyridine rings is 1. The molecule has 0 saturated carbocycles. The van der Waals surface area contributed by atoms with Gasteiger partial charge in [-0.2, -0.15) is 0 Å². The van der Waals surface area contributed by atoms with Crippen molar-refractivity contribution in [3.05, 3.63) is 48.2 Å². The fourth-order valence-corrected chi connectivity index (χ4v) is 3.12. The molecule has 1 unspecified atom stereocenters. The van der Waals surface area contributed by atoms with Crippen LogP contribution in [0.25, 0.3) is 0 Å². The van der Waals surface area contributed by atoms with Crippen LogP contribution in [0.5, 0.6) is 0 Å². The molecule has 0 saturated heterocycles. The lowest BCUT2D eigenvalue weighted by molar-refractivity contribution is 0.520. The SMILES string of the molecule is CC(Nc1cc(N(C)C)ccn1)c1ccc(S(=O)(=O)N(C)C)cc1. The fourth-order valence-electron chi connectivity index (χ4n) is 2.22. The third-order valence-corrected chi connectivity index (χ3v) is 5.61. The summed E-state index contributed by atoms with van der Waals surface area (Å²) in [6, 6.07) is 10.8. The average Bonchev–Trinajstić information content (AvgIpc) is 2.55. The summed E-state index contributed by atoms with van der Waals surface area (Å²) in [5.41, 5.74) is 2.05. The van der Waals surface area contributed by atoms with Crippen molar-refractivity contribution in [2.45, 2.75) is 17.9 Å². The summed E-state index contributed by atoms with van der Waals surface area (Å²) < 4.78 is 25.4. The zero-order valence-electron chi connectivity index (χ0n) is 14.7. The van der Waals surface area contributed by atoms with Crippen molar-refractivity contribution in [3.63, 3.8) is 0 Å². The fraction of sp³-hybridized carbons (Fsp3) is 0.353. The highest BCUT2D eigenvalue weighted by Crippen LogP contribution is 2.22. The van der Waals surface area contributed by atoms with Gasteiger partial charge in [-0.15, -0.1) is 0 Å². The number of nitrogens with zero attached hydrogens (tertiary/aromatic N) is 3. The number of hydrogen-bond donors (Lipinski definition) is 1. The summed E-state index contributed by atoms with van der Waals surface area (Å²) in [5, 5.41) is 3.34. The van der Waals surface area contributed by atoms with Gasteiger partial charge in [0, 0.05) is 52.2 Å². The molecule has 0 fully saturated rings. The molecule has 1 heterocycles. The van der Waals surface area contributed by atoms with E-state index in [4.69, 9.17) is 0 Å². The van der Waals surface area contributed by atoms with Gasteiger partial charge in [-0.1, -0.05) is 12.1 Å². The molecule has 2 aromatic rings. The van der Waals surface area contributed by atoms with E-state index in [-0.39, 0.29) is 10.9 Å². The lowest BCUT2D eigenvalue weighted by atomic mass is 10.1. The zero-order chi connectivity index (χ0) is 17.9. The number of nitrogens with one attached hydrogen (secondary N) is 1. The molecule has 24 heavy (non-hydrogen) atoms. The molecule has 6 nitrogen and oxygen atoms in total. The maximum Gasteiger partial charge on any atom is 0.242 e. The van der Waals surface area contributed by atoms with E-state index in [1.165, 1.54) is 18.4 Å². The Labute approximate surface area is 144 Å². The second-order valence-corrected chi connectivity index (χ2v) is 8.17. The summed E-state index contributed by atoms with van der Waals surface area (Å²) in [6.07, 6.45) is 1.76. The maximum absolute atomic E-state index is 12.1. The van der Waals surface area contributed by atoms with Crippen LogP contribution < -0.4 is 10.2 Å². The number of aromatic nitrogens is 1. The van der Waals surface area contributed by atoms with Gasteiger partial charge in [-0.3, -0.25) is 0 Å². The van der Waals surface area contributed by atoms with E-state index in [9.17, 15) is 8.42 Å². The highest BCUT2D eigenvalue weighted by Gasteiger charge is 2.17. The molecular formula is C17H24N4O2S. The summed E-state index contributed by atoms with van der Waals surface area (Å²) in [6.45, 7) is 2.01. The van der Waals surface area contributed by atoms with Gasteiger partial charge in [0.2, 0.25) is 10.0 Å². The van der Waals surface area contributed by atoms with Gasteiger partial charge in [0.1, 0.15) is 5.82 Å².